The summed E-state index contributed by atoms with van der Waals surface area (Å²) >= 11 is 0. The maximum Gasteiger partial charge on any atom is 0.276 e. The van der Waals surface area contributed by atoms with E-state index in [1.165, 1.54) is 4.52 Å². The number of H-pyrrole nitrogens is 1. The number of allylic oxidation sites excluding steroid dienone is 1. The van der Waals surface area contributed by atoms with E-state index in [1.54, 1.807) is 0 Å². The van der Waals surface area contributed by atoms with Gasteiger partial charge in [-0.05, 0) is 25.8 Å². The van der Waals surface area contributed by atoms with Gasteiger partial charge in [0, 0.05) is 23.0 Å². The Morgan fingerprint density at radius 1 is 1.24 bits per heavy atom. The molecule has 0 atom stereocenters. The zero-order valence-electron chi connectivity index (χ0n) is 12.1. The molecular formula is C17H17N3O. The van der Waals surface area contributed by atoms with E-state index in [2.05, 4.69) is 10.1 Å². The van der Waals surface area contributed by atoms with Crippen molar-refractivity contribution in [1.82, 2.24) is 14.6 Å². The predicted molar refractivity (Wildman–Crippen MR) is 84.5 cm³/mol. The summed E-state index contributed by atoms with van der Waals surface area (Å²) in [4.78, 5) is 16.9. The van der Waals surface area contributed by atoms with Gasteiger partial charge < -0.3 is 0 Å². The van der Waals surface area contributed by atoms with Crippen molar-refractivity contribution in [1.29, 1.82) is 0 Å². The summed E-state index contributed by atoms with van der Waals surface area (Å²) < 4.78 is 1.51. The summed E-state index contributed by atoms with van der Waals surface area (Å²) in [7, 11) is 0. The molecule has 3 aromatic rings. The molecule has 1 aromatic carbocycles. The molecule has 4 nitrogen and oxygen atoms in total. The molecule has 1 N–H and O–H groups in total. The third-order valence-corrected chi connectivity index (χ3v) is 3.47. The Hall–Kier alpha value is -2.62. The van der Waals surface area contributed by atoms with Gasteiger partial charge in [0.15, 0.2) is 5.65 Å². The van der Waals surface area contributed by atoms with Crippen LogP contribution in [0, 0.1) is 13.8 Å². The van der Waals surface area contributed by atoms with Crippen molar-refractivity contribution >= 4 is 11.7 Å². The van der Waals surface area contributed by atoms with Gasteiger partial charge in [0.25, 0.3) is 5.56 Å². The molecule has 0 radical (unpaired) electrons. The zero-order valence-corrected chi connectivity index (χ0v) is 12.1. The molecule has 4 heteroatoms. The van der Waals surface area contributed by atoms with Crippen molar-refractivity contribution in [2.45, 2.75) is 20.3 Å². The molecule has 2 aromatic heterocycles. The van der Waals surface area contributed by atoms with Crippen molar-refractivity contribution in [3.05, 3.63) is 75.3 Å². The summed E-state index contributed by atoms with van der Waals surface area (Å²) in [5.41, 5.74) is 4.21. The van der Waals surface area contributed by atoms with E-state index in [0.29, 0.717) is 12.1 Å². The third kappa shape index (κ3) is 2.65. The van der Waals surface area contributed by atoms with Gasteiger partial charge in [-0.25, -0.2) is 9.50 Å². The minimum atomic E-state index is -0.0247. The normalized spacial score (nSPS) is 11.5. The quantitative estimate of drug-likeness (QED) is 0.801. The summed E-state index contributed by atoms with van der Waals surface area (Å²) in [6, 6.07) is 11.9. The van der Waals surface area contributed by atoms with Crippen LogP contribution in [0.3, 0.4) is 0 Å². The van der Waals surface area contributed by atoms with Crippen LogP contribution < -0.4 is 5.56 Å². The number of nitrogens with one attached hydrogen (secondary N) is 1. The molecule has 0 saturated heterocycles. The fourth-order valence-electron chi connectivity index (χ4n) is 2.40. The Labute approximate surface area is 122 Å². The summed E-state index contributed by atoms with van der Waals surface area (Å²) in [5, 5.41) is 3.02. The van der Waals surface area contributed by atoms with Crippen LogP contribution in [0.5, 0.6) is 0 Å². The van der Waals surface area contributed by atoms with E-state index >= 15 is 0 Å². The lowest BCUT2D eigenvalue weighted by atomic mass is 10.1. The monoisotopic (exact) mass is 279 g/mol. The summed E-state index contributed by atoms with van der Waals surface area (Å²) in [6.45, 7) is 3.80. The number of hydrogen-bond donors (Lipinski definition) is 1. The van der Waals surface area contributed by atoms with Crippen molar-refractivity contribution in [2.75, 3.05) is 0 Å². The Kier molecular flexibility index (Phi) is 3.44. The van der Waals surface area contributed by atoms with Crippen LogP contribution in [-0.2, 0) is 6.42 Å². The van der Waals surface area contributed by atoms with Crippen LogP contribution in [-0.4, -0.2) is 14.6 Å². The maximum absolute atomic E-state index is 12.5. The molecule has 0 saturated carbocycles. The molecule has 0 bridgehead atoms. The standard InChI is InChI=1S/C17H17N3O/c1-12-11-16-18-13(2)15(17(21)20(16)19-12)10-6-9-14-7-4-3-5-8-14/h3-9,11,19H,10H2,1-2H3/b9-6+. The Balaban J connectivity index is 1.94. The van der Waals surface area contributed by atoms with Crippen molar-refractivity contribution in [3.63, 3.8) is 0 Å². The van der Waals surface area contributed by atoms with E-state index in [4.69, 9.17) is 0 Å². The third-order valence-electron chi connectivity index (χ3n) is 3.47. The first-order valence-corrected chi connectivity index (χ1v) is 6.94. The fraction of sp³-hybridized carbons (Fsp3) is 0.176. The molecule has 106 valence electrons. The molecule has 3 rings (SSSR count). The molecule has 21 heavy (non-hydrogen) atoms. The molecule has 0 amide bonds. The van der Waals surface area contributed by atoms with Crippen LogP contribution in [0.15, 0.2) is 47.3 Å². The second-order valence-corrected chi connectivity index (χ2v) is 5.13. The average molecular weight is 279 g/mol. The number of aromatic nitrogens is 3. The minimum Gasteiger partial charge on any atom is -0.294 e. The summed E-state index contributed by atoms with van der Waals surface area (Å²) in [5.74, 6) is 0. The van der Waals surface area contributed by atoms with E-state index < -0.39 is 0 Å². The van der Waals surface area contributed by atoms with E-state index in [-0.39, 0.29) is 5.56 Å². The van der Waals surface area contributed by atoms with Gasteiger partial charge in [-0.3, -0.25) is 9.89 Å². The lowest BCUT2D eigenvalue weighted by Crippen LogP contribution is -2.21. The van der Waals surface area contributed by atoms with Crippen molar-refractivity contribution in [3.8, 4) is 0 Å². The molecule has 0 fully saturated rings. The SMILES string of the molecule is Cc1cc2nc(C)c(C/C=C/c3ccccc3)c(=O)n2[nH]1. The van der Waals surface area contributed by atoms with E-state index in [1.807, 2.05) is 62.4 Å². The molecule has 0 aliphatic rings. The van der Waals surface area contributed by atoms with Crippen molar-refractivity contribution < 1.29 is 0 Å². The number of nitrogens with zero attached hydrogens (tertiary/aromatic N) is 2. The van der Waals surface area contributed by atoms with E-state index in [9.17, 15) is 4.79 Å². The first-order valence-electron chi connectivity index (χ1n) is 6.94. The molecular weight excluding hydrogens is 262 g/mol. The van der Waals surface area contributed by atoms with Gasteiger partial charge in [0.05, 0.1) is 0 Å². The zero-order chi connectivity index (χ0) is 14.8. The average Bonchev–Trinajstić information content (AvgIpc) is 2.84. The smallest absolute Gasteiger partial charge is 0.276 e. The molecule has 0 unspecified atom stereocenters. The first-order chi connectivity index (χ1) is 10.1. The van der Waals surface area contributed by atoms with Gasteiger partial charge >= 0.3 is 0 Å². The molecule has 0 aliphatic heterocycles. The topological polar surface area (TPSA) is 50.2 Å². The van der Waals surface area contributed by atoms with Crippen LogP contribution in [0.2, 0.25) is 0 Å². The number of aryl methyl sites for hydroxylation is 2. The van der Waals surface area contributed by atoms with Gasteiger partial charge in [0.2, 0.25) is 0 Å². The molecule has 0 aliphatic carbocycles. The van der Waals surface area contributed by atoms with Crippen LogP contribution in [0.4, 0.5) is 0 Å². The number of hydrogen-bond acceptors (Lipinski definition) is 2. The highest BCUT2D eigenvalue weighted by atomic mass is 16.1. The number of benzene rings is 1. The highest BCUT2D eigenvalue weighted by Gasteiger charge is 2.09. The molecule has 2 heterocycles. The highest BCUT2D eigenvalue weighted by molar-refractivity contribution is 5.49. The Morgan fingerprint density at radius 3 is 2.76 bits per heavy atom. The number of aromatic amines is 1. The van der Waals surface area contributed by atoms with Crippen molar-refractivity contribution in [2.24, 2.45) is 0 Å². The van der Waals surface area contributed by atoms with Gasteiger partial charge in [-0.1, -0.05) is 42.5 Å². The largest absolute Gasteiger partial charge is 0.294 e. The number of rotatable bonds is 3. The second kappa shape index (κ2) is 5.40. The highest BCUT2D eigenvalue weighted by Crippen LogP contribution is 2.08. The lowest BCUT2D eigenvalue weighted by Gasteiger charge is -2.02. The minimum absolute atomic E-state index is 0.0247. The molecule has 0 spiro atoms. The van der Waals surface area contributed by atoms with Crippen LogP contribution >= 0.6 is 0 Å². The van der Waals surface area contributed by atoms with Gasteiger partial charge in [-0.2, -0.15) is 0 Å². The van der Waals surface area contributed by atoms with Crippen LogP contribution in [0.1, 0.15) is 22.5 Å². The number of fused-ring (bicyclic) bond motifs is 1. The lowest BCUT2D eigenvalue weighted by molar-refractivity contribution is 0.850. The van der Waals surface area contributed by atoms with E-state index in [0.717, 1.165) is 22.5 Å². The second-order valence-electron chi connectivity index (χ2n) is 5.13. The Bertz CT molecular complexity index is 857. The fourth-order valence-corrected chi connectivity index (χ4v) is 2.40. The Morgan fingerprint density at radius 2 is 2.00 bits per heavy atom. The summed E-state index contributed by atoms with van der Waals surface area (Å²) in [6.07, 6.45) is 4.60. The predicted octanol–water partition coefficient (Wildman–Crippen LogP) is 2.90. The first kappa shape index (κ1) is 13.4. The van der Waals surface area contributed by atoms with Crippen LogP contribution in [0.25, 0.3) is 11.7 Å². The maximum atomic E-state index is 12.5. The van der Waals surface area contributed by atoms with Gasteiger partial charge in [0.1, 0.15) is 0 Å². The van der Waals surface area contributed by atoms with Gasteiger partial charge in [-0.15, -0.1) is 0 Å².